The van der Waals surface area contributed by atoms with Gasteiger partial charge in [0, 0.05) is 5.56 Å². The molecule has 0 radical (unpaired) electrons. The van der Waals surface area contributed by atoms with Crippen LogP contribution in [0.1, 0.15) is 22.3 Å². The minimum Gasteiger partial charge on any atom is -0.286 e. The third kappa shape index (κ3) is 1.61. The van der Waals surface area contributed by atoms with E-state index >= 15 is 0 Å². The van der Waals surface area contributed by atoms with Crippen LogP contribution in [-0.2, 0) is 6.54 Å². The van der Waals surface area contributed by atoms with Crippen molar-refractivity contribution in [3.63, 3.8) is 0 Å². The van der Waals surface area contributed by atoms with E-state index in [-0.39, 0.29) is 0 Å². The third-order valence-corrected chi connectivity index (χ3v) is 3.71. The lowest BCUT2D eigenvalue weighted by Crippen LogP contribution is -2.20. The van der Waals surface area contributed by atoms with Gasteiger partial charge in [-0.25, -0.2) is 4.58 Å². The van der Waals surface area contributed by atoms with Gasteiger partial charge < -0.3 is 0 Å². The zero-order valence-electron chi connectivity index (χ0n) is 10.8. The van der Waals surface area contributed by atoms with E-state index in [4.69, 9.17) is 5.73 Å². The lowest BCUT2D eigenvalue weighted by Gasteiger charge is -2.05. The molecule has 0 saturated heterocycles. The number of aryl methyl sites for hydroxylation is 2. The van der Waals surface area contributed by atoms with E-state index in [0.29, 0.717) is 0 Å². The van der Waals surface area contributed by atoms with Crippen molar-refractivity contribution in [3.8, 4) is 0 Å². The Morgan fingerprint density at radius 1 is 1.00 bits per heavy atom. The van der Waals surface area contributed by atoms with Crippen LogP contribution >= 0.6 is 0 Å². The molecule has 2 aromatic rings. The molecule has 0 fully saturated rings. The summed E-state index contributed by atoms with van der Waals surface area (Å²) in [4.78, 5) is 0. The fourth-order valence-electron chi connectivity index (χ4n) is 2.43. The minimum atomic E-state index is 0.855. The van der Waals surface area contributed by atoms with E-state index in [1.54, 1.807) is 0 Å². The molecule has 0 bridgehead atoms. The maximum absolute atomic E-state index is 6.25. The Morgan fingerprint density at radius 3 is 2.50 bits per heavy atom. The first-order valence-electron chi connectivity index (χ1n) is 6.22. The highest BCUT2D eigenvalue weighted by Crippen LogP contribution is 2.25. The van der Waals surface area contributed by atoms with E-state index in [9.17, 15) is 0 Å². The molecule has 3 rings (SSSR count). The zero-order chi connectivity index (χ0) is 12.7. The molecule has 1 aliphatic heterocycles. The summed E-state index contributed by atoms with van der Waals surface area (Å²) in [6.07, 6.45) is 0. The second-order valence-electron chi connectivity index (χ2n) is 4.90. The van der Waals surface area contributed by atoms with Crippen LogP contribution in [0.5, 0.6) is 0 Å². The number of hydrogen-bond acceptors (Lipinski definition) is 1. The summed E-state index contributed by atoms with van der Waals surface area (Å²) >= 11 is 0. The number of amidine groups is 1. The highest BCUT2D eigenvalue weighted by atomic mass is 15.1. The van der Waals surface area contributed by atoms with E-state index in [1.165, 1.54) is 22.4 Å². The second-order valence-corrected chi connectivity index (χ2v) is 4.90. The molecule has 0 saturated carbocycles. The van der Waals surface area contributed by atoms with Gasteiger partial charge in [0.25, 0.3) is 5.84 Å². The Labute approximate surface area is 107 Å². The Hall–Kier alpha value is -2.09. The van der Waals surface area contributed by atoms with Crippen molar-refractivity contribution in [2.24, 2.45) is 5.73 Å². The molecule has 2 heteroatoms. The lowest BCUT2D eigenvalue weighted by molar-refractivity contribution is -0.453. The van der Waals surface area contributed by atoms with E-state index in [0.717, 1.165) is 17.9 Å². The predicted octanol–water partition coefficient (Wildman–Crippen LogP) is 2.87. The quantitative estimate of drug-likeness (QED) is 0.759. The first kappa shape index (κ1) is 11.0. The smallest absolute Gasteiger partial charge is 0.280 e. The lowest BCUT2D eigenvalue weighted by atomic mass is 10.1. The average Bonchev–Trinajstić information content (AvgIpc) is 2.71. The molecule has 0 amide bonds. The van der Waals surface area contributed by atoms with Gasteiger partial charge in [0.1, 0.15) is 12.2 Å². The summed E-state index contributed by atoms with van der Waals surface area (Å²) in [5.74, 6) is 0.855. The predicted molar refractivity (Wildman–Crippen MR) is 74.3 cm³/mol. The standard InChI is InChI=1S/C16H16N2/c1-11-7-8-14(9-12(11)2)18-10-13-5-3-4-6-15(13)16(18)17/h3-9,17H,10H2,1-2H3/p+1. The molecule has 0 aromatic heterocycles. The van der Waals surface area contributed by atoms with Crippen LogP contribution < -0.4 is 5.73 Å². The molecule has 90 valence electrons. The van der Waals surface area contributed by atoms with Crippen molar-refractivity contribution in [1.29, 1.82) is 0 Å². The molecule has 1 heterocycles. The maximum Gasteiger partial charge on any atom is 0.280 e. The molecular formula is C16H17N2+. The van der Waals surface area contributed by atoms with Crippen molar-refractivity contribution < 1.29 is 4.58 Å². The summed E-state index contributed by atoms with van der Waals surface area (Å²) in [6, 6.07) is 14.8. The summed E-state index contributed by atoms with van der Waals surface area (Å²) in [5.41, 5.74) is 12.5. The van der Waals surface area contributed by atoms with Crippen molar-refractivity contribution in [2.45, 2.75) is 20.4 Å². The fraction of sp³-hybridized carbons (Fsp3) is 0.188. The number of rotatable bonds is 1. The van der Waals surface area contributed by atoms with Crippen LogP contribution in [0.15, 0.2) is 42.5 Å². The van der Waals surface area contributed by atoms with Gasteiger partial charge in [0.15, 0.2) is 0 Å². The van der Waals surface area contributed by atoms with Crippen LogP contribution in [0.3, 0.4) is 0 Å². The Bertz CT molecular complexity index is 654. The SMILES string of the molecule is Cc1ccc([N+]2=C(N)c3ccccc3C2)cc1C. The minimum absolute atomic E-state index is 0.855. The molecule has 2 nitrogen and oxygen atoms in total. The normalized spacial score (nSPS) is 13.9. The molecule has 0 aliphatic carbocycles. The van der Waals surface area contributed by atoms with Crippen molar-refractivity contribution in [2.75, 3.05) is 0 Å². The Morgan fingerprint density at radius 2 is 1.78 bits per heavy atom. The van der Waals surface area contributed by atoms with Gasteiger partial charge in [-0.3, -0.25) is 5.73 Å². The average molecular weight is 237 g/mol. The van der Waals surface area contributed by atoms with Gasteiger partial charge in [-0.1, -0.05) is 24.3 Å². The van der Waals surface area contributed by atoms with Gasteiger partial charge in [-0.15, -0.1) is 0 Å². The van der Waals surface area contributed by atoms with Crippen molar-refractivity contribution in [3.05, 3.63) is 64.7 Å². The van der Waals surface area contributed by atoms with Crippen LogP contribution in [0, 0.1) is 13.8 Å². The Balaban J connectivity index is 2.10. The zero-order valence-corrected chi connectivity index (χ0v) is 10.8. The van der Waals surface area contributed by atoms with Crippen LogP contribution in [0.25, 0.3) is 0 Å². The van der Waals surface area contributed by atoms with Crippen molar-refractivity contribution >= 4 is 11.5 Å². The molecule has 0 spiro atoms. The van der Waals surface area contributed by atoms with Gasteiger partial charge in [0.05, 0.1) is 5.56 Å². The van der Waals surface area contributed by atoms with Gasteiger partial charge in [0.2, 0.25) is 0 Å². The van der Waals surface area contributed by atoms with Crippen LogP contribution in [0.4, 0.5) is 5.69 Å². The fourth-order valence-corrected chi connectivity index (χ4v) is 2.43. The number of hydrogen-bond donors (Lipinski definition) is 1. The van der Waals surface area contributed by atoms with Gasteiger partial charge in [-0.2, -0.15) is 0 Å². The molecule has 2 N–H and O–H groups in total. The topological polar surface area (TPSA) is 29.0 Å². The molecule has 2 aromatic carbocycles. The van der Waals surface area contributed by atoms with Gasteiger partial charge >= 0.3 is 0 Å². The number of nitrogens with two attached hydrogens (primary N) is 1. The molecule has 1 aliphatic rings. The number of benzene rings is 2. The first-order valence-corrected chi connectivity index (χ1v) is 6.22. The Kier molecular flexibility index (Phi) is 2.44. The highest BCUT2D eigenvalue weighted by molar-refractivity contribution is 5.97. The summed E-state index contributed by atoms with van der Waals surface area (Å²) in [7, 11) is 0. The number of fused-ring (bicyclic) bond motifs is 1. The monoisotopic (exact) mass is 237 g/mol. The molecular weight excluding hydrogens is 220 g/mol. The summed E-state index contributed by atoms with van der Waals surface area (Å²) in [5, 5.41) is 0. The molecule has 0 unspecified atom stereocenters. The second kappa shape index (κ2) is 3.98. The van der Waals surface area contributed by atoms with Crippen LogP contribution in [0.2, 0.25) is 0 Å². The van der Waals surface area contributed by atoms with E-state index < -0.39 is 0 Å². The molecule has 0 atom stereocenters. The number of nitrogens with zero attached hydrogens (tertiary/aromatic N) is 1. The van der Waals surface area contributed by atoms with Gasteiger partial charge in [-0.05, 0) is 43.2 Å². The third-order valence-electron chi connectivity index (χ3n) is 3.71. The van der Waals surface area contributed by atoms with E-state index in [1.807, 2.05) is 6.07 Å². The molecule has 18 heavy (non-hydrogen) atoms. The van der Waals surface area contributed by atoms with Crippen LogP contribution in [-0.4, -0.2) is 10.4 Å². The summed E-state index contributed by atoms with van der Waals surface area (Å²) in [6.45, 7) is 5.13. The summed E-state index contributed by atoms with van der Waals surface area (Å²) < 4.78 is 2.18. The van der Waals surface area contributed by atoms with E-state index in [2.05, 4.69) is 54.8 Å². The largest absolute Gasteiger partial charge is 0.286 e. The van der Waals surface area contributed by atoms with Crippen molar-refractivity contribution in [1.82, 2.24) is 0 Å². The highest BCUT2D eigenvalue weighted by Gasteiger charge is 2.25. The maximum atomic E-state index is 6.25. The first-order chi connectivity index (χ1) is 8.66.